The largest absolute Gasteiger partial charge is 0.456 e. The summed E-state index contributed by atoms with van der Waals surface area (Å²) in [6.45, 7) is 23.3. The molecule has 0 spiro atoms. The third-order valence-corrected chi connectivity index (χ3v) is 19.1. The van der Waals surface area contributed by atoms with Gasteiger partial charge in [0.15, 0.2) is 0 Å². The summed E-state index contributed by atoms with van der Waals surface area (Å²) in [5.41, 5.74) is 22.8. The first kappa shape index (κ1) is 50.4. The van der Waals surface area contributed by atoms with E-state index in [2.05, 4.69) is 297 Å². The summed E-state index contributed by atoms with van der Waals surface area (Å²) in [4.78, 5) is 4.81. The Morgan fingerprint density at radius 2 is 0.595 bits per heavy atom. The monoisotopic (exact) mass is 1090 g/mol. The summed E-state index contributed by atoms with van der Waals surface area (Å²) < 4.78 is 13.4. The van der Waals surface area contributed by atoms with E-state index in [9.17, 15) is 0 Å². The highest BCUT2D eigenvalue weighted by Gasteiger charge is 2.39. The summed E-state index contributed by atoms with van der Waals surface area (Å²) in [6.07, 6.45) is 0. The quantitative estimate of drug-likeness (QED) is 0.166. The summed E-state index contributed by atoms with van der Waals surface area (Å²) in [5.74, 6) is 0. The van der Waals surface area contributed by atoms with Crippen LogP contribution in [0, 0.1) is 0 Å². The Kier molecular flexibility index (Phi) is 10.5. The first-order valence-corrected chi connectivity index (χ1v) is 29.8. The molecule has 2 aliphatic rings. The van der Waals surface area contributed by atoms with Gasteiger partial charge >= 0.3 is 0 Å². The number of fused-ring (bicyclic) bond motifs is 15. The Bertz CT molecular complexity index is 4780. The van der Waals surface area contributed by atoms with Crippen molar-refractivity contribution < 1.29 is 8.83 Å². The molecule has 4 heteroatoms. The normalized spacial score (nSPS) is 14.3. The van der Waals surface area contributed by atoms with Gasteiger partial charge in [-0.1, -0.05) is 154 Å². The molecule has 408 valence electrons. The van der Waals surface area contributed by atoms with Crippen LogP contribution in [0.1, 0.15) is 103 Å². The van der Waals surface area contributed by atoms with Crippen LogP contribution in [-0.4, -0.2) is 0 Å². The average molecular weight is 1090 g/mol. The molecular formula is C80H66N2O2. The zero-order chi connectivity index (χ0) is 57.3. The minimum Gasteiger partial charge on any atom is -0.456 e. The van der Waals surface area contributed by atoms with E-state index in [1.54, 1.807) is 0 Å². The van der Waals surface area contributed by atoms with Gasteiger partial charge in [-0.15, -0.1) is 0 Å². The lowest BCUT2D eigenvalue weighted by Crippen LogP contribution is -2.16. The lowest BCUT2D eigenvalue weighted by molar-refractivity contribution is 0.590. The van der Waals surface area contributed by atoms with Crippen molar-refractivity contribution in [2.75, 3.05) is 9.80 Å². The number of hydrogen-bond acceptors (Lipinski definition) is 4. The molecule has 0 aliphatic heterocycles. The lowest BCUT2D eigenvalue weighted by atomic mass is 9.80. The second-order valence-electron chi connectivity index (χ2n) is 27.1. The SMILES string of the molecule is CC(C)(C)c1ccc(N(c2ccc3c(c2)-c2cc4cc5c(cc4cc2C3(C)C)C(C)(C)c2ccc(N(c3ccc(C(C)(C)C)cc3)c3ccc4c(c3)oc3cc6ccccc6cc34)cc2-5)c2ccc3c(c2)oc2cc4ccccc4cc23)cc1. The summed E-state index contributed by atoms with van der Waals surface area (Å²) in [5, 5.41) is 11.8. The fraction of sp³-hybridized carbons (Fsp3) is 0.175. The highest BCUT2D eigenvalue weighted by atomic mass is 16.3. The molecule has 0 radical (unpaired) electrons. The zero-order valence-corrected chi connectivity index (χ0v) is 49.5. The summed E-state index contributed by atoms with van der Waals surface area (Å²) in [7, 11) is 0. The molecule has 0 saturated heterocycles. The Hall–Kier alpha value is -9.38. The summed E-state index contributed by atoms with van der Waals surface area (Å²) in [6, 6.07) is 81.9. The van der Waals surface area contributed by atoms with Crippen LogP contribution in [0.3, 0.4) is 0 Å². The van der Waals surface area contributed by atoms with Crippen LogP contribution in [0.15, 0.2) is 227 Å². The van der Waals surface area contributed by atoms with Gasteiger partial charge in [0.2, 0.25) is 0 Å². The number of nitrogens with zero attached hydrogens (tertiary/aromatic N) is 2. The van der Waals surface area contributed by atoms with Crippen molar-refractivity contribution in [3.05, 3.63) is 252 Å². The molecule has 16 rings (SSSR count). The number of rotatable bonds is 6. The van der Waals surface area contributed by atoms with Gasteiger partial charge in [0.05, 0.1) is 0 Å². The van der Waals surface area contributed by atoms with Gasteiger partial charge < -0.3 is 18.6 Å². The first-order valence-electron chi connectivity index (χ1n) is 29.8. The Labute approximate surface area is 491 Å². The Morgan fingerprint density at radius 1 is 0.274 bits per heavy atom. The van der Waals surface area contributed by atoms with Crippen LogP contribution in [0.4, 0.5) is 34.1 Å². The van der Waals surface area contributed by atoms with Crippen molar-refractivity contribution in [1.82, 2.24) is 0 Å². The predicted octanol–water partition coefficient (Wildman–Crippen LogP) is 23.1. The highest BCUT2D eigenvalue weighted by Crippen LogP contribution is 2.56. The molecule has 0 atom stereocenters. The zero-order valence-electron chi connectivity index (χ0n) is 49.5. The molecule has 12 aromatic carbocycles. The van der Waals surface area contributed by atoms with E-state index in [-0.39, 0.29) is 21.7 Å². The van der Waals surface area contributed by atoms with Crippen molar-refractivity contribution in [2.45, 2.75) is 90.9 Å². The molecule has 4 nitrogen and oxygen atoms in total. The maximum atomic E-state index is 6.72. The van der Waals surface area contributed by atoms with Gasteiger partial charge in [0, 0.05) is 78.6 Å². The van der Waals surface area contributed by atoms with Crippen LogP contribution in [0.2, 0.25) is 0 Å². The van der Waals surface area contributed by atoms with Gasteiger partial charge in [0.1, 0.15) is 22.3 Å². The van der Waals surface area contributed by atoms with E-state index in [4.69, 9.17) is 8.83 Å². The topological polar surface area (TPSA) is 32.8 Å². The standard InChI is InChI=1S/C80H66N2O2/c1-77(2,3)53-19-23-55(24-20-53)81(59-27-31-61-67-35-47-15-11-13-17-49(47)41-73(67)83-75(61)45-59)57-29-33-69-65(43-57)63-37-51-38-64-66-44-58(30-34-70(66)80(9,10)72(64)40-52(51)39-71(63)79(69,7)8)82(56-25-21-54(22-26-56)78(4,5)6)60-28-32-62-68-36-48-16-12-14-18-50(48)42-74(68)84-76(62)46-60/h11-46H,1-10H3. The molecule has 0 bridgehead atoms. The number of benzene rings is 12. The van der Waals surface area contributed by atoms with E-state index in [0.717, 1.165) is 78.0 Å². The number of hydrogen-bond donors (Lipinski definition) is 0. The Morgan fingerprint density at radius 3 is 0.988 bits per heavy atom. The minimum absolute atomic E-state index is 0.0221. The van der Waals surface area contributed by atoms with Crippen molar-refractivity contribution in [1.29, 1.82) is 0 Å². The van der Waals surface area contributed by atoms with E-state index in [1.807, 2.05) is 0 Å². The lowest BCUT2D eigenvalue weighted by Gasteiger charge is -2.28. The average Bonchev–Trinajstić information content (AvgIpc) is 2.57. The molecule has 0 saturated carbocycles. The molecule has 0 unspecified atom stereocenters. The van der Waals surface area contributed by atoms with Crippen LogP contribution in [0.25, 0.3) is 98.4 Å². The minimum atomic E-state index is -0.215. The van der Waals surface area contributed by atoms with E-state index < -0.39 is 0 Å². The summed E-state index contributed by atoms with van der Waals surface area (Å²) >= 11 is 0. The first-order chi connectivity index (χ1) is 40.3. The second-order valence-corrected chi connectivity index (χ2v) is 27.1. The maximum Gasteiger partial charge on any atom is 0.137 e. The molecule has 2 aromatic heterocycles. The van der Waals surface area contributed by atoms with Gasteiger partial charge in [-0.3, -0.25) is 0 Å². The van der Waals surface area contributed by atoms with Crippen molar-refractivity contribution in [3.8, 4) is 22.3 Å². The molecule has 0 fully saturated rings. The fourth-order valence-corrected chi connectivity index (χ4v) is 14.3. The number of anilines is 6. The molecule has 2 heterocycles. The van der Waals surface area contributed by atoms with Crippen LogP contribution in [0.5, 0.6) is 0 Å². The predicted molar refractivity (Wildman–Crippen MR) is 355 cm³/mol. The molecule has 14 aromatic rings. The van der Waals surface area contributed by atoms with E-state index in [0.29, 0.717) is 0 Å². The van der Waals surface area contributed by atoms with Crippen LogP contribution >= 0.6 is 0 Å². The van der Waals surface area contributed by atoms with Gasteiger partial charge in [-0.25, -0.2) is 0 Å². The molecule has 84 heavy (non-hydrogen) atoms. The van der Waals surface area contributed by atoms with Gasteiger partial charge in [0.25, 0.3) is 0 Å². The molecular weight excluding hydrogens is 1020 g/mol. The van der Waals surface area contributed by atoms with Gasteiger partial charge in [-0.2, -0.15) is 0 Å². The van der Waals surface area contributed by atoms with Crippen molar-refractivity contribution in [2.24, 2.45) is 0 Å². The third kappa shape index (κ3) is 7.65. The van der Waals surface area contributed by atoms with E-state index >= 15 is 0 Å². The maximum absolute atomic E-state index is 6.72. The highest BCUT2D eigenvalue weighted by molar-refractivity contribution is 6.12. The molecule has 0 amide bonds. The van der Waals surface area contributed by atoms with Crippen LogP contribution in [-0.2, 0) is 21.7 Å². The Balaban J connectivity index is 0.822. The fourth-order valence-electron chi connectivity index (χ4n) is 14.3. The van der Waals surface area contributed by atoms with Crippen molar-refractivity contribution in [3.63, 3.8) is 0 Å². The molecule has 2 aliphatic carbocycles. The van der Waals surface area contributed by atoms with Crippen molar-refractivity contribution >= 4 is 110 Å². The molecule has 0 N–H and O–H groups in total. The smallest absolute Gasteiger partial charge is 0.137 e. The van der Waals surface area contributed by atoms with Crippen LogP contribution < -0.4 is 9.80 Å². The second kappa shape index (κ2) is 17.6. The van der Waals surface area contributed by atoms with Gasteiger partial charge in [-0.05, 0) is 220 Å². The van der Waals surface area contributed by atoms with E-state index in [1.165, 1.54) is 88.0 Å². The third-order valence-electron chi connectivity index (χ3n) is 19.1. The number of furan rings is 2.